The molecule has 0 aromatic heterocycles. The van der Waals surface area contributed by atoms with Crippen LogP contribution < -0.4 is 0 Å². The molecule has 0 amide bonds. The number of rotatable bonds is 3. The van der Waals surface area contributed by atoms with Crippen LogP contribution in [-0.2, 0) is 9.05 Å². The van der Waals surface area contributed by atoms with Crippen LogP contribution in [-0.4, -0.2) is 14.2 Å². The smallest absolute Gasteiger partial charge is 0.212 e. The Bertz CT molecular complexity index is 417. The summed E-state index contributed by atoms with van der Waals surface area (Å²) in [5.41, 5.74) is 0.955. The molecule has 0 fully saturated rings. The first kappa shape index (κ1) is 12.0. The fraction of sp³-hybridized carbons (Fsp3) is 0.333. The average molecular weight is 298 g/mol. The van der Waals surface area contributed by atoms with Crippen LogP contribution in [0.15, 0.2) is 28.7 Å². The van der Waals surface area contributed by atoms with Gasteiger partial charge in [-0.3, -0.25) is 0 Å². The van der Waals surface area contributed by atoms with Gasteiger partial charge >= 0.3 is 0 Å². The van der Waals surface area contributed by atoms with Crippen molar-refractivity contribution in [3.8, 4) is 0 Å². The lowest BCUT2D eigenvalue weighted by Crippen LogP contribution is -2.07. The molecule has 0 aliphatic carbocycles. The Balaban J connectivity index is 2.90. The highest BCUT2D eigenvalue weighted by atomic mass is 79.9. The van der Waals surface area contributed by atoms with Crippen LogP contribution in [0, 0.1) is 0 Å². The standard InChI is InChI=1S/C9H10BrClO2S/c1-7(6-14(11,12)13)8-4-2-3-5-9(8)10/h2-5,7H,6H2,1H3. The molecule has 1 aromatic carbocycles. The van der Waals surface area contributed by atoms with Gasteiger partial charge in [-0.15, -0.1) is 0 Å². The molecular formula is C9H10BrClO2S. The quantitative estimate of drug-likeness (QED) is 0.803. The van der Waals surface area contributed by atoms with Crippen molar-refractivity contribution >= 4 is 35.7 Å². The lowest BCUT2D eigenvalue weighted by molar-refractivity contribution is 0.604. The average Bonchev–Trinajstić information content (AvgIpc) is 2.01. The maximum absolute atomic E-state index is 10.9. The van der Waals surface area contributed by atoms with Gasteiger partial charge in [-0.25, -0.2) is 8.42 Å². The zero-order valence-electron chi connectivity index (χ0n) is 7.57. The Hall–Kier alpha value is -0.0600. The molecule has 78 valence electrons. The van der Waals surface area contributed by atoms with E-state index in [1.54, 1.807) is 0 Å². The minimum Gasteiger partial charge on any atom is -0.212 e. The van der Waals surface area contributed by atoms with Gasteiger partial charge in [0.2, 0.25) is 9.05 Å². The third-order valence-electron chi connectivity index (χ3n) is 1.89. The monoisotopic (exact) mass is 296 g/mol. The molecule has 0 saturated heterocycles. The summed E-state index contributed by atoms with van der Waals surface area (Å²) in [6.45, 7) is 1.83. The van der Waals surface area contributed by atoms with Gasteiger partial charge in [-0.1, -0.05) is 41.1 Å². The molecule has 0 bridgehead atoms. The van der Waals surface area contributed by atoms with Crippen molar-refractivity contribution in [1.82, 2.24) is 0 Å². The van der Waals surface area contributed by atoms with Gasteiger partial charge in [0, 0.05) is 15.2 Å². The summed E-state index contributed by atoms with van der Waals surface area (Å²) in [5.74, 6) is -0.148. The maximum atomic E-state index is 10.9. The lowest BCUT2D eigenvalue weighted by Gasteiger charge is -2.11. The topological polar surface area (TPSA) is 34.1 Å². The van der Waals surface area contributed by atoms with E-state index >= 15 is 0 Å². The first-order chi connectivity index (χ1) is 6.40. The van der Waals surface area contributed by atoms with Crippen LogP contribution >= 0.6 is 26.6 Å². The molecule has 5 heteroatoms. The molecule has 0 aliphatic rings. The van der Waals surface area contributed by atoms with Crippen molar-refractivity contribution < 1.29 is 8.42 Å². The Morgan fingerprint density at radius 1 is 1.43 bits per heavy atom. The van der Waals surface area contributed by atoms with Gasteiger partial charge < -0.3 is 0 Å². The molecule has 0 aliphatic heterocycles. The van der Waals surface area contributed by atoms with Gasteiger partial charge in [-0.2, -0.15) is 0 Å². The van der Waals surface area contributed by atoms with E-state index in [-0.39, 0.29) is 11.7 Å². The molecule has 14 heavy (non-hydrogen) atoms. The molecule has 0 saturated carbocycles. The van der Waals surface area contributed by atoms with Gasteiger partial charge in [0.1, 0.15) is 0 Å². The Kier molecular flexibility index (Phi) is 3.98. The van der Waals surface area contributed by atoms with Crippen LogP contribution in [0.4, 0.5) is 0 Å². The molecule has 1 aromatic rings. The Morgan fingerprint density at radius 2 is 2.00 bits per heavy atom. The predicted octanol–water partition coefficient (Wildman–Crippen LogP) is 3.12. The van der Waals surface area contributed by atoms with Crippen molar-refractivity contribution in [1.29, 1.82) is 0 Å². The number of halogens is 2. The van der Waals surface area contributed by atoms with Gasteiger partial charge in [0.15, 0.2) is 0 Å². The van der Waals surface area contributed by atoms with Crippen LogP contribution in [0.25, 0.3) is 0 Å². The van der Waals surface area contributed by atoms with E-state index in [1.165, 1.54) is 0 Å². The highest BCUT2D eigenvalue weighted by molar-refractivity contribution is 9.10. The zero-order chi connectivity index (χ0) is 10.8. The van der Waals surface area contributed by atoms with Crippen LogP contribution in [0.3, 0.4) is 0 Å². The second-order valence-corrected chi connectivity index (χ2v) is 6.80. The summed E-state index contributed by atoms with van der Waals surface area (Å²) in [7, 11) is 1.75. The summed E-state index contributed by atoms with van der Waals surface area (Å²) in [5, 5.41) is 0. The molecule has 0 N–H and O–H groups in total. The molecule has 0 radical (unpaired) electrons. The fourth-order valence-corrected chi connectivity index (χ4v) is 3.28. The van der Waals surface area contributed by atoms with Crippen molar-refractivity contribution in [2.45, 2.75) is 12.8 Å². The van der Waals surface area contributed by atoms with E-state index in [2.05, 4.69) is 15.9 Å². The van der Waals surface area contributed by atoms with Crippen molar-refractivity contribution in [3.05, 3.63) is 34.3 Å². The molecule has 1 atom stereocenters. The van der Waals surface area contributed by atoms with Crippen molar-refractivity contribution in [2.24, 2.45) is 0 Å². The minimum atomic E-state index is -3.44. The second kappa shape index (κ2) is 4.64. The van der Waals surface area contributed by atoms with E-state index in [1.807, 2.05) is 31.2 Å². The molecule has 0 spiro atoms. The van der Waals surface area contributed by atoms with E-state index in [4.69, 9.17) is 10.7 Å². The van der Waals surface area contributed by atoms with E-state index < -0.39 is 9.05 Å². The summed E-state index contributed by atoms with van der Waals surface area (Å²) >= 11 is 3.37. The summed E-state index contributed by atoms with van der Waals surface area (Å²) < 4.78 is 22.7. The molecule has 0 heterocycles. The van der Waals surface area contributed by atoms with Crippen LogP contribution in [0.5, 0.6) is 0 Å². The molecule has 2 nitrogen and oxygen atoms in total. The number of hydrogen-bond donors (Lipinski definition) is 0. The summed E-state index contributed by atoms with van der Waals surface area (Å²) in [6, 6.07) is 7.52. The summed E-state index contributed by atoms with van der Waals surface area (Å²) in [6.07, 6.45) is 0. The van der Waals surface area contributed by atoms with Gasteiger partial charge in [-0.05, 0) is 17.5 Å². The minimum absolute atomic E-state index is 0.0445. The largest absolute Gasteiger partial charge is 0.233 e. The maximum Gasteiger partial charge on any atom is 0.233 e. The van der Waals surface area contributed by atoms with Crippen molar-refractivity contribution in [2.75, 3.05) is 5.75 Å². The Morgan fingerprint density at radius 3 is 2.50 bits per heavy atom. The van der Waals surface area contributed by atoms with E-state index in [0.717, 1.165) is 10.0 Å². The molecule has 1 rings (SSSR count). The first-order valence-corrected chi connectivity index (χ1v) is 7.34. The SMILES string of the molecule is CC(CS(=O)(=O)Cl)c1ccccc1Br. The van der Waals surface area contributed by atoms with E-state index in [9.17, 15) is 8.42 Å². The van der Waals surface area contributed by atoms with Crippen molar-refractivity contribution in [3.63, 3.8) is 0 Å². The third kappa shape index (κ3) is 3.59. The number of benzene rings is 1. The highest BCUT2D eigenvalue weighted by Gasteiger charge is 2.15. The second-order valence-electron chi connectivity index (χ2n) is 3.13. The van der Waals surface area contributed by atoms with Gasteiger partial charge in [0.25, 0.3) is 0 Å². The first-order valence-electron chi connectivity index (χ1n) is 4.07. The van der Waals surface area contributed by atoms with Gasteiger partial charge in [0.05, 0.1) is 5.75 Å². The normalized spacial score (nSPS) is 13.9. The molecular weight excluding hydrogens is 288 g/mol. The highest BCUT2D eigenvalue weighted by Crippen LogP contribution is 2.26. The zero-order valence-corrected chi connectivity index (χ0v) is 10.7. The Labute approximate surface area is 96.8 Å². The van der Waals surface area contributed by atoms with Crippen LogP contribution in [0.2, 0.25) is 0 Å². The predicted molar refractivity (Wildman–Crippen MR) is 62.2 cm³/mol. The molecule has 1 unspecified atom stereocenters. The number of hydrogen-bond acceptors (Lipinski definition) is 2. The van der Waals surface area contributed by atoms with Crippen LogP contribution in [0.1, 0.15) is 18.4 Å². The lowest BCUT2D eigenvalue weighted by atomic mass is 10.0. The summed E-state index contributed by atoms with van der Waals surface area (Å²) in [4.78, 5) is 0. The fourth-order valence-electron chi connectivity index (χ4n) is 1.26. The van der Waals surface area contributed by atoms with E-state index in [0.29, 0.717) is 0 Å². The third-order valence-corrected chi connectivity index (χ3v) is 3.88.